The molecule has 4 N–H and O–H groups in total. The summed E-state index contributed by atoms with van der Waals surface area (Å²) < 4.78 is 38.7. The maximum Gasteiger partial charge on any atom is 0.416 e. The highest BCUT2D eigenvalue weighted by Gasteiger charge is 2.30. The van der Waals surface area contributed by atoms with Crippen LogP contribution >= 0.6 is 0 Å². The van der Waals surface area contributed by atoms with Gasteiger partial charge in [0.25, 0.3) is 0 Å². The largest absolute Gasteiger partial charge is 0.416 e. The zero-order valence-electron chi connectivity index (χ0n) is 17.8. The fourth-order valence-electron chi connectivity index (χ4n) is 3.70. The van der Waals surface area contributed by atoms with E-state index in [4.69, 9.17) is 5.73 Å². The molecule has 7 nitrogen and oxygen atoms in total. The molecule has 1 aliphatic heterocycles. The fourth-order valence-corrected chi connectivity index (χ4v) is 3.70. The van der Waals surface area contributed by atoms with Crippen LogP contribution in [0.15, 0.2) is 47.6 Å². The average Bonchev–Trinajstić information content (AvgIpc) is 2.79. The minimum atomic E-state index is -4.38. The number of anilines is 1. The molecule has 1 aromatic heterocycles. The smallest absolute Gasteiger partial charge is 0.369 e. The number of hydrogen-bond donors (Lipinski definition) is 3. The molecule has 1 amide bonds. The summed E-state index contributed by atoms with van der Waals surface area (Å²) >= 11 is 0. The molecule has 1 saturated heterocycles. The van der Waals surface area contributed by atoms with E-state index in [1.807, 2.05) is 12.1 Å². The summed E-state index contributed by atoms with van der Waals surface area (Å²) in [7, 11) is 1.59. The maximum atomic E-state index is 12.9. The Labute approximate surface area is 184 Å². The van der Waals surface area contributed by atoms with Gasteiger partial charge < -0.3 is 21.3 Å². The van der Waals surface area contributed by atoms with Crippen molar-refractivity contribution in [3.63, 3.8) is 0 Å². The molecule has 0 bridgehead atoms. The lowest BCUT2D eigenvalue weighted by Crippen LogP contribution is -2.42. The number of halogens is 3. The molecule has 0 aliphatic carbocycles. The molecular weight excluding hydrogens is 421 g/mol. The number of pyridine rings is 1. The second-order valence-electron chi connectivity index (χ2n) is 7.65. The van der Waals surface area contributed by atoms with Crippen LogP contribution in [0.1, 0.15) is 29.5 Å². The van der Waals surface area contributed by atoms with Gasteiger partial charge in [-0.3, -0.25) is 9.79 Å². The molecule has 3 rings (SSSR count). The lowest BCUT2D eigenvalue weighted by molar-refractivity contribution is -0.137. The first-order chi connectivity index (χ1) is 15.3. The normalized spacial score (nSPS) is 17.2. The number of piperidine rings is 1. The minimum absolute atomic E-state index is 0.190. The van der Waals surface area contributed by atoms with Gasteiger partial charge in [-0.25, -0.2) is 4.98 Å². The summed E-state index contributed by atoms with van der Waals surface area (Å²) in [6.07, 6.45) is -1.04. The van der Waals surface area contributed by atoms with E-state index in [1.54, 1.807) is 19.3 Å². The molecule has 2 heterocycles. The van der Waals surface area contributed by atoms with Crippen molar-refractivity contribution in [1.82, 2.24) is 15.6 Å². The topological polar surface area (TPSA) is 95.6 Å². The van der Waals surface area contributed by atoms with Crippen LogP contribution in [0.5, 0.6) is 0 Å². The summed E-state index contributed by atoms with van der Waals surface area (Å²) in [6.45, 7) is 1.91. The van der Waals surface area contributed by atoms with E-state index >= 15 is 0 Å². The number of primary amides is 1. The molecule has 2 aromatic rings. The summed E-state index contributed by atoms with van der Waals surface area (Å²) in [5.74, 6) is 0.725. The number of aromatic nitrogens is 1. The van der Waals surface area contributed by atoms with E-state index in [9.17, 15) is 18.0 Å². The van der Waals surface area contributed by atoms with Gasteiger partial charge in [-0.2, -0.15) is 13.2 Å². The van der Waals surface area contributed by atoms with Crippen molar-refractivity contribution in [2.45, 2.75) is 32.1 Å². The molecule has 10 heteroatoms. The SMILES string of the molecule is CN=C(NCc1cccc(C(F)(F)F)c1)NCc1cccnc1N1CCCC(C(N)=O)C1. The quantitative estimate of drug-likeness (QED) is 0.467. The number of hydrogen-bond acceptors (Lipinski definition) is 4. The molecule has 0 saturated carbocycles. The van der Waals surface area contributed by atoms with Crippen LogP contribution in [-0.4, -0.2) is 37.0 Å². The highest BCUT2D eigenvalue weighted by Crippen LogP contribution is 2.29. The Morgan fingerprint density at radius 1 is 1.25 bits per heavy atom. The highest BCUT2D eigenvalue weighted by molar-refractivity contribution is 5.80. The van der Waals surface area contributed by atoms with Crippen LogP contribution < -0.4 is 21.3 Å². The van der Waals surface area contributed by atoms with Crippen LogP contribution in [0, 0.1) is 5.92 Å². The summed E-state index contributed by atoms with van der Waals surface area (Å²) in [5.41, 5.74) is 6.22. The second-order valence-corrected chi connectivity index (χ2v) is 7.65. The van der Waals surface area contributed by atoms with Gasteiger partial charge in [-0.05, 0) is 36.6 Å². The van der Waals surface area contributed by atoms with Gasteiger partial charge in [0.15, 0.2) is 5.96 Å². The van der Waals surface area contributed by atoms with Crippen molar-refractivity contribution in [2.24, 2.45) is 16.6 Å². The van der Waals surface area contributed by atoms with Crippen LogP contribution in [0.4, 0.5) is 19.0 Å². The van der Waals surface area contributed by atoms with E-state index < -0.39 is 11.7 Å². The van der Waals surface area contributed by atoms with Gasteiger partial charge in [-0.1, -0.05) is 18.2 Å². The van der Waals surface area contributed by atoms with E-state index in [1.165, 1.54) is 6.07 Å². The number of carbonyl (C=O) groups excluding carboxylic acids is 1. The first kappa shape index (κ1) is 23.4. The maximum absolute atomic E-state index is 12.9. The lowest BCUT2D eigenvalue weighted by Gasteiger charge is -2.33. The molecule has 1 aromatic carbocycles. The van der Waals surface area contributed by atoms with Gasteiger partial charge in [0.05, 0.1) is 11.5 Å². The summed E-state index contributed by atoms with van der Waals surface area (Å²) in [6, 6.07) is 8.93. The first-order valence-corrected chi connectivity index (χ1v) is 10.4. The lowest BCUT2D eigenvalue weighted by atomic mass is 9.97. The van der Waals surface area contributed by atoms with E-state index in [0.717, 1.165) is 42.9 Å². The predicted octanol–water partition coefficient (Wildman–Crippen LogP) is 2.67. The summed E-state index contributed by atoms with van der Waals surface area (Å²) in [5, 5.41) is 6.20. The standard InChI is InChI=1S/C22H27F3N6O/c1-27-21(29-12-15-5-2-8-18(11-15)22(23,24)25)30-13-16-6-3-9-28-20(16)31-10-4-7-17(14-31)19(26)32/h2-3,5-6,8-9,11,17H,4,7,10,12-14H2,1H3,(H2,26,32)(H2,27,29,30). The van der Waals surface area contributed by atoms with Crippen molar-refractivity contribution in [2.75, 3.05) is 25.0 Å². The van der Waals surface area contributed by atoms with Crippen LogP contribution in [0.2, 0.25) is 0 Å². The number of carbonyl (C=O) groups is 1. The zero-order chi connectivity index (χ0) is 23.1. The number of guanidine groups is 1. The number of nitrogens with zero attached hydrogens (tertiary/aromatic N) is 3. The van der Waals surface area contributed by atoms with E-state index in [0.29, 0.717) is 24.6 Å². The molecule has 0 radical (unpaired) electrons. The zero-order valence-corrected chi connectivity index (χ0v) is 17.8. The highest BCUT2D eigenvalue weighted by atomic mass is 19.4. The van der Waals surface area contributed by atoms with Gasteiger partial charge in [0, 0.05) is 45.0 Å². The Hall–Kier alpha value is -3.30. The van der Waals surface area contributed by atoms with Crippen LogP contribution in [0.25, 0.3) is 0 Å². The average molecular weight is 448 g/mol. The predicted molar refractivity (Wildman–Crippen MR) is 117 cm³/mol. The Balaban J connectivity index is 1.62. The van der Waals surface area contributed by atoms with Gasteiger partial charge in [0.1, 0.15) is 5.82 Å². The molecule has 1 atom stereocenters. The molecule has 1 aliphatic rings. The number of benzene rings is 1. The van der Waals surface area contributed by atoms with Crippen molar-refractivity contribution in [1.29, 1.82) is 0 Å². The molecule has 32 heavy (non-hydrogen) atoms. The Bertz CT molecular complexity index is 963. The van der Waals surface area contributed by atoms with Gasteiger partial charge in [0.2, 0.25) is 5.91 Å². The number of nitrogens with one attached hydrogen (secondary N) is 2. The fraction of sp³-hybridized carbons (Fsp3) is 0.409. The monoisotopic (exact) mass is 448 g/mol. The number of aliphatic imine (C=N–C) groups is 1. The molecule has 1 fully saturated rings. The van der Waals surface area contributed by atoms with Crippen molar-refractivity contribution in [3.8, 4) is 0 Å². The minimum Gasteiger partial charge on any atom is -0.369 e. The van der Waals surface area contributed by atoms with E-state index in [-0.39, 0.29) is 18.4 Å². The molecule has 1 unspecified atom stereocenters. The van der Waals surface area contributed by atoms with Crippen LogP contribution in [0.3, 0.4) is 0 Å². The third-order valence-corrected chi connectivity index (χ3v) is 5.37. The number of amides is 1. The number of nitrogens with two attached hydrogens (primary N) is 1. The van der Waals surface area contributed by atoms with Crippen molar-refractivity contribution >= 4 is 17.7 Å². The number of rotatable bonds is 6. The molecular formula is C22H27F3N6O. The van der Waals surface area contributed by atoms with Crippen molar-refractivity contribution < 1.29 is 18.0 Å². The van der Waals surface area contributed by atoms with Crippen molar-refractivity contribution in [3.05, 3.63) is 59.3 Å². The second kappa shape index (κ2) is 10.3. The Morgan fingerprint density at radius 3 is 2.75 bits per heavy atom. The van der Waals surface area contributed by atoms with E-state index in [2.05, 4.69) is 25.5 Å². The number of alkyl halides is 3. The third kappa shape index (κ3) is 6.12. The summed E-state index contributed by atoms with van der Waals surface area (Å²) in [4.78, 5) is 22.3. The Morgan fingerprint density at radius 2 is 2.03 bits per heavy atom. The van der Waals surface area contributed by atoms with Gasteiger partial charge in [-0.15, -0.1) is 0 Å². The van der Waals surface area contributed by atoms with Gasteiger partial charge >= 0.3 is 6.18 Å². The van der Waals surface area contributed by atoms with Crippen LogP contribution in [-0.2, 0) is 24.1 Å². The third-order valence-electron chi connectivity index (χ3n) is 5.37. The first-order valence-electron chi connectivity index (χ1n) is 10.4. The molecule has 0 spiro atoms. The Kier molecular flexibility index (Phi) is 7.55. The molecule has 172 valence electrons.